The Morgan fingerprint density at radius 1 is 1.28 bits per heavy atom. The number of hydrogen-bond donors (Lipinski definition) is 0. The Morgan fingerprint density at radius 2 is 2.07 bits per heavy atom. The standard InChI is InChI=1S/C21H22N2O4S2/c1-13-8-14(4-5-16(13)25-2)9-20(24)22-21-23(6-7-28-3)15-10-17-18(27-12-26-17)11-19(15)29-21/h4-5,8,10-11H,6-7,9,12H2,1-3H3. The summed E-state index contributed by atoms with van der Waals surface area (Å²) < 4.78 is 19.4. The molecule has 0 saturated carbocycles. The number of thioether (sulfide) groups is 1. The van der Waals surface area contributed by atoms with E-state index in [1.165, 1.54) is 11.3 Å². The van der Waals surface area contributed by atoms with Gasteiger partial charge in [-0.25, -0.2) is 0 Å². The predicted octanol–water partition coefficient (Wildman–Crippen LogP) is 3.78. The van der Waals surface area contributed by atoms with Crippen molar-refractivity contribution in [3.63, 3.8) is 0 Å². The number of amides is 1. The fourth-order valence-corrected chi connectivity index (χ4v) is 4.76. The van der Waals surface area contributed by atoms with Crippen LogP contribution >= 0.6 is 23.1 Å². The van der Waals surface area contributed by atoms with Gasteiger partial charge in [-0.1, -0.05) is 23.5 Å². The number of benzene rings is 2. The lowest BCUT2D eigenvalue weighted by Crippen LogP contribution is -2.18. The van der Waals surface area contributed by atoms with Crippen molar-refractivity contribution in [1.29, 1.82) is 0 Å². The van der Waals surface area contributed by atoms with Crippen LogP contribution in [0, 0.1) is 6.92 Å². The molecule has 8 heteroatoms. The highest BCUT2D eigenvalue weighted by molar-refractivity contribution is 7.98. The summed E-state index contributed by atoms with van der Waals surface area (Å²) in [6.07, 6.45) is 2.32. The maximum Gasteiger partial charge on any atom is 0.252 e. The molecular formula is C21H22N2O4S2. The van der Waals surface area contributed by atoms with Gasteiger partial charge in [-0.05, 0) is 30.4 Å². The summed E-state index contributed by atoms with van der Waals surface area (Å²) in [5.41, 5.74) is 2.94. The molecule has 2 heterocycles. The zero-order valence-corrected chi connectivity index (χ0v) is 18.2. The molecule has 0 saturated heterocycles. The van der Waals surface area contributed by atoms with Gasteiger partial charge in [0.2, 0.25) is 6.79 Å². The van der Waals surface area contributed by atoms with Crippen LogP contribution in [0.5, 0.6) is 17.2 Å². The van der Waals surface area contributed by atoms with Gasteiger partial charge >= 0.3 is 0 Å². The molecule has 0 spiro atoms. The van der Waals surface area contributed by atoms with E-state index >= 15 is 0 Å². The van der Waals surface area contributed by atoms with E-state index in [4.69, 9.17) is 14.2 Å². The van der Waals surface area contributed by atoms with Crippen LogP contribution in [0.4, 0.5) is 0 Å². The van der Waals surface area contributed by atoms with Gasteiger partial charge in [-0.15, -0.1) is 0 Å². The summed E-state index contributed by atoms with van der Waals surface area (Å²) in [5.74, 6) is 3.05. The van der Waals surface area contributed by atoms with E-state index in [9.17, 15) is 4.79 Å². The molecule has 0 aliphatic carbocycles. The van der Waals surface area contributed by atoms with Gasteiger partial charge in [-0.3, -0.25) is 4.79 Å². The zero-order chi connectivity index (χ0) is 20.4. The van der Waals surface area contributed by atoms with Gasteiger partial charge in [-0.2, -0.15) is 16.8 Å². The Labute approximate surface area is 177 Å². The van der Waals surface area contributed by atoms with Crippen LogP contribution in [0.3, 0.4) is 0 Å². The van der Waals surface area contributed by atoms with Gasteiger partial charge < -0.3 is 18.8 Å². The molecule has 0 fully saturated rings. The minimum absolute atomic E-state index is 0.168. The highest BCUT2D eigenvalue weighted by Crippen LogP contribution is 2.37. The molecule has 4 rings (SSSR count). The van der Waals surface area contributed by atoms with E-state index in [1.807, 2.05) is 37.3 Å². The number of carbonyl (C=O) groups excluding carboxylic acids is 1. The molecule has 1 amide bonds. The number of fused-ring (bicyclic) bond motifs is 2. The second-order valence-electron chi connectivity index (χ2n) is 6.69. The molecule has 1 aliphatic heterocycles. The lowest BCUT2D eigenvalue weighted by Gasteiger charge is -2.06. The highest BCUT2D eigenvalue weighted by Gasteiger charge is 2.18. The minimum atomic E-state index is -0.168. The van der Waals surface area contributed by atoms with Crippen molar-refractivity contribution in [2.45, 2.75) is 19.9 Å². The van der Waals surface area contributed by atoms with E-state index in [0.29, 0.717) is 4.80 Å². The number of rotatable bonds is 6. The Bertz CT molecular complexity index is 1130. The number of aromatic nitrogens is 1. The Hall–Kier alpha value is -2.45. The van der Waals surface area contributed by atoms with Crippen molar-refractivity contribution in [2.75, 3.05) is 25.9 Å². The average Bonchev–Trinajstić information content (AvgIpc) is 3.28. The normalized spacial score (nSPS) is 13.3. The van der Waals surface area contributed by atoms with E-state index in [-0.39, 0.29) is 19.1 Å². The number of aryl methyl sites for hydroxylation is 2. The average molecular weight is 431 g/mol. The van der Waals surface area contributed by atoms with Gasteiger partial charge in [0, 0.05) is 24.4 Å². The smallest absolute Gasteiger partial charge is 0.252 e. The molecule has 0 bridgehead atoms. The van der Waals surface area contributed by atoms with Crippen molar-refractivity contribution in [2.24, 2.45) is 4.99 Å². The third-order valence-electron chi connectivity index (χ3n) is 4.73. The van der Waals surface area contributed by atoms with Crippen molar-refractivity contribution in [3.8, 4) is 17.2 Å². The fraction of sp³-hybridized carbons (Fsp3) is 0.333. The quantitative estimate of drug-likeness (QED) is 0.596. The summed E-state index contributed by atoms with van der Waals surface area (Å²) >= 11 is 3.26. The zero-order valence-electron chi connectivity index (χ0n) is 16.6. The van der Waals surface area contributed by atoms with Crippen LogP contribution in [-0.4, -0.2) is 36.4 Å². The Balaban J connectivity index is 1.68. The summed E-state index contributed by atoms with van der Waals surface area (Å²) in [7, 11) is 1.64. The van der Waals surface area contributed by atoms with Gasteiger partial charge in [0.15, 0.2) is 16.3 Å². The second-order valence-corrected chi connectivity index (χ2v) is 8.68. The number of ether oxygens (including phenoxy) is 3. The SMILES string of the molecule is COc1ccc(CC(=O)N=c2sc3cc4c(cc3n2CCSC)OCO4)cc1C. The predicted molar refractivity (Wildman–Crippen MR) is 116 cm³/mol. The highest BCUT2D eigenvalue weighted by atomic mass is 32.2. The molecule has 0 unspecified atom stereocenters. The molecule has 2 aromatic carbocycles. The fourth-order valence-electron chi connectivity index (χ4n) is 3.31. The molecule has 3 aromatic rings. The first-order chi connectivity index (χ1) is 14.1. The molecule has 152 valence electrons. The van der Waals surface area contributed by atoms with Gasteiger partial charge in [0.05, 0.1) is 23.7 Å². The van der Waals surface area contributed by atoms with Crippen molar-refractivity contribution >= 4 is 39.2 Å². The van der Waals surface area contributed by atoms with Crippen molar-refractivity contribution in [1.82, 2.24) is 4.57 Å². The summed E-state index contributed by atoms with van der Waals surface area (Å²) in [6.45, 7) is 2.98. The van der Waals surface area contributed by atoms with Crippen LogP contribution in [0.2, 0.25) is 0 Å². The van der Waals surface area contributed by atoms with E-state index in [1.54, 1.807) is 18.9 Å². The first kappa shape index (κ1) is 19.8. The summed E-state index contributed by atoms with van der Waals surface area (Å²) in [5, 5.41) is 0. The van der Waals surface area contributed by atoms with Crippen LogP contribution < -0.4 is 19.0 Å². The first-order valence-corrected chi connectivity index (χ1v) is 11.4. The van der Waals surface area contributed by atoms with Gasteiger partial charge in [0.25, 0.3) is 5.91 Å². The third kappa shape index (κ3) is 4.13. The monoisotopic (exact) mass is 430 g/mol. The number of hydrogen-bond acceptors (Lipinski definition) is 6. The Kier molecular flexibility index (Phi) is 5.82. The molecule has 29 heavy (non-hydrogen) atoms. The van der Waals surface area contributed by atoms with E-state index in [2.05, 4.69) is 15.8 Å². The van der Waals surface area contributed by atoms with Gasteiger partial charge in [0.1, 0.15) is 5.75 Å². The third-order valence-corrected chi connectivity index (χ3v) is 6.36. The molecule has 0 atom stereocenters. The number of methoxy groups -OCH3 is 1. The minimum Gasteiger partial charge on any atom is -0.496 e. The second kappa shape index (κ2) is 8.51. The summed E-state index contributed by atoms with van der Waals surface area (Å²) in [4.78, 5) is 17.8. The first-order valence-electron chi connectivity index (χ1n) is 9.22. The van der Waals surface area contributed by atoms with Crippen molar-refractivity contribution < 1.29 is 19.0 Å². The van der Waals surface area contributed by atoms with Crippen LogP contribution in [0.1, 0.15) is 11.1 Å². The molecule has 0 radical (unpaired) electrons. The number of thiazole rings is 1. The molecule has 1 aliphatic rings. The number of carbonyl (C=O) groups is 1. The van der Waals surface area contributed by atoms with E-state index < -0.39 is 0 Å². The topological polar surface area (TPSA) is 62.0 Å². The molecule has 1 aromatic heterocycles. The summed E-state index contributed by atoms with van der Waals surface area (Å²) in [6, 6.07) is 9.71. The maximum atomic E-state index is 12.7. The lowest BCUT2D eigenvalue weighted by atomic mass is 10.1. The largest absolute Gasteiger partial charge is 0.496 e. The van der Waals surface area contributed by atoms with E-state index in [0.717, 1.165) is 50.9 Å². The molecule has 0 N–H and O–H groups in total. The molecule has 6 nitrogen and oxygen atoms in total. The Morgan fingerprint density at radius 3 is 2.79 bits per heavy atom. The maximum absolute atomic E-state index is 12.7. The van der Waals surface area contributed by atoms with Crippen LogP contribution in [0.15, 0.2) is 35.3 Å². The lowest BCUT2D eigenvalue weighted by molar-refractivity contribution is -0.117. The van der Waals surface area contributed by atoms with Crippen LogP contribution in [-0.2, 0) is 17.8 Å². The molecular weight excluding hydrogens is 408 g/mol. The number of nitrogens with zero attached hydrogens (tertiary/aromatic N) is 2. The van der Waals surface area contributed by atoms with Crippen molar-refractivity contribution in [3.05, 3.63) is 46.3 Å². The van der Waals surface area contributed by atoms with Crippen LogP contribution in [0.25, 0.3) is 10.2 Å².